The van der Waals surface area contributed by atoms with Gasteiger partial charge in [0.15, 0.2) is 16.2 Å². The zero-order chi connectivity index (χ0) is 32.8. The maximum atomic E-state index is 12.7. The van der Waals surface area contributed by atoms with Crippen molar-refractivity contribution in [3.05, 3.63) is 117 Å². The first-order chi connectivity index (χ1) is 22.2. The average molecular weight is 645 g/mol. The molecule has 4 aromatic rings. The number of benzene rings is 3. The standard InChI is InChI=1S/C36H32N6O2S2/c1-21(2)25-9-13-27(14-10-25)31-29(17-37)33(43)41-35(39-31)45-19-23-5-7-24(8-6-23)20-46-36-40-32(30(18-38)34(44)42-36)28-15-11-26(12-16-28)22(3)4/h5-16,21-22,29H,19-20H2,1-4H3,(H,40,42,44). The quantitative estimate of drug-likeness (QED) is 0.146. The molecule has 1 aliphatic rings. The number of nitriles is 2. The van der Waals surface area contributed by atoms with E-state index < -0.39 is 17.4 Å². The minimum absolute atomic E-state index is 0.00333. The van der Waals surface area contributed by atoms with Crippen LogP contribution in [0, 0.1) is 28.6 Å². The van der Waals surface area contributed by atoms with Crippen molar-refractivity contribution in [3.63, 3.8) is 0 Å². The number of carbonyl (C=O) groups excluding carboxylic acids is 1. The van der Waals surface area contributed by atoms with Crippen LogP contribution in [0.4, 0.5) is 0 Å². The Bertz CT molecular complexity index is 1950. The molecule has 1 aliphatic heterocycles. The third-order valence-electron chi connectivity index (χ3n) is 7.57. The molecule has 10 heteroatoms. The molecule has 3 aromatic carbocycles. The van der Waals surface area contributed by atoms with E-state index >= 15 is 0 Å². The van der Waals surface area contributed by atoms with Crippen molar-refractivity contribution in [2.24, 2.45) is 15.9 Å². The second kappa shape index (κ2) is 14.6. The molecule has 1 amide bonds. The number of hydrogen-bond acceptors (Lipinski definition) is 8. The van der Waals surface area contributed by atoms with Gasteiger partial charge in [-0.25, -0.2) is 9.98 Å². The molecule has 1 N–H and O–H groups in total. The number of rotatable bonds is 9. The van der Waals surface area contributed by atoms with Gasteiger partial charge in [0.25, 0.3) is 11.5 Å². The van der Waals surface area contributed by atoms with Crippen LogP contribution >= 0.6 is 23.5 Å². The summed E-state index contributed by atoms with van der Waals surface area (Å²) in [5.74, 6) is 0.330. The van der Waals surface area contributed by atoms with Gasteiger partial charge in [-0.15, -0.1) is 0 Å². The van der Waals surface area contributed by atoms with Gasteiger partial charge in [-0.3, -0.25) is 9.59 Å². The third kappa shape index (κ3) is 7.54. The molecule has 1 unspecified atom stereocenters. The summed E-state index contributed by atoms with van der Waals surface area (Å²) in [7, 11) is 0. The van der Waals surface area contributed by atoms with Gasteiger partial charge in [-0.2, -0.15) is 15.5 Å². The lowest BCUT2D eigenvalue weighted by atomic mass is 9.94. The number of aromatic amines is 1. The van der Waals surface area contributed by atoms with Crippen molar-refractivity contribution in [1.82, 2.24) is 9.97 Å². The van der Waals surface area contributed by atoms with Gasteiger partial charge < -0.3 is 4.98 Å². The van der Waals surface area contributed by atoms with E-state index in [1.165, 1.54) is 34.7 Å². The summed E-state index contributed by atoms with van der Waals surface area (Å²) in [5, 5.41) is 20.0. The fourth-order valence-corrected chi connectivity index (χ4v) is 6.43. The zero-order valence-electron chi connectivity index (χ0n) is 25.9. The summed E-state index contributed by atoms with van der Waals surface area (Å²) in [4.78, 5) is 41.4. The Morgan fingerprint density at radius 3 is 1.83 bits per heavy atom. The van der Waals surface area contributed by atoms with Crippen molar-refractivity contribution in [3.8, 4) is 23.4 Å². The second-order valence-electron chi connectivity index (χ2n) is 11.4. The summed E-state index contributed by atoms with van der Waals surface area (Å²) in [5.41, 5.74) is 6.20. The molecule has 0 fully saturated rings. The van der Waals surface area contributed by atoms with E-state index in [9.17, 15) is 20.1 Å². The Hall–Kier alpha value is -4.77. The van der Waals surface area contributed by atoms with Crippen molar-refractivity contribution >= 4 is 40.3 Å². The van der Waals surface area contributed by atoms with Crippen molar-refractivity contribution in [2.45, 2.75) is 56.2 Å². The van der Waals surface area contributed by atoms with Crippen molar-refractivity contribution in [2.75, 3.05) is 0 Å². The number of aromatic nitrogens is 2. The predicted octanol–water partition coefficient (Wildman–Crippen LogP) is 7.61. The van der Waals surface area contributed by atoms with E-state index in [0.29, 0.717) is 45.1 Å². The Labute approximate surface area is 276 Å². The number of hydrogen-bond donors (Lipinski definition) is 1. The minimum Gasteiger partial charge on any atom is -0.300 e. The Kier molecular flexibility index (Phi) is 10.3. The maximum Gasteiger partial charge on any atom is 0.271 e. The predicted molar refractivity (Wildman–Crippen MR) is 185 cm³/mol. The van der Waals surface area contributed by atoms with E-state index in [1.54, 1.807) is 0 Å². The summed E-state index contributed by atoms with van der Waals surface area (Å²) in [6.45, 7) is 8.44. The number of carbonyl (C=O) groups is 1. The molecule has 5 rings (SSSR count). The van der Waals surface area contributed by atoms with Crippen LogP contribution in [0.15, 0.2) is 92.7 Å². The van der Waals surface area contributed by atoms with Crippen molar-refractivity contribution < 1.29 is 4.79 Å². The Morgan fingerprint density at radius 1 is 0.761 bits per heavy atom. The van der Waals surface area contributed by atoms with Crippen LogP contribution in [0.5, 0.6) is 0 Å². The molecule has 2 heterocycles. The van der Waals surface area contributed by atoms with Crippen LogP contribution in [0.2, 0.25) is 0 Å². The van der Waals surface area contributed by atoms with Crippen LogP contribution < -0.4 is 5.56 Å². The summed E-state index contributed by atoms with van der Waals surface area (Å²) < 4.78 is 0. The van der Waals surface area contributed by atoms with Gasteiger partial charge in [0.2, 0.25) is 0 Å². The lowest BCUT2D eigenvalue weighted by molar-refractivity contribution is -0.118. The minimum atomic E-state index is -1.02. The van der Waals surface area contributed by atoms with Gasteiger partial charge in [-0.1, -0.05) is 124 Å². The number of nitrogens with one attached hydrogen (secondary N) is 1. The van der Waals surface area contributed by atoms with Gasteiger partial charge in [-0.05, 0) is 39.7 Å². The van der Waals surface area contributed by atoms with Gasteiger partial charge in [0.05, 0.1) is 17.5 Å². The van der Waals surface area contributed by atoms with E-state index in [2.05, 4.69) is 53.7 Å². The van der Waals surface area contributed by atoms with E-state index in [0.717, 1.165) is 22.3 Å². The lowest BCUT2D eigenvalue weighted by Crippen LogP contribution is -2.27. The third-order valence-corrected chi connectivity index (χ3v) is 9.43. The number of nitrogens with zero attached hydrogens (tertiary/aromatic N) is 5. The molecule has 230 valence electrons. The van der Waals surface area contributed by atoms with Crippen molar-refractivity contribution in [1.29, 1.82) is 10.5 Å². The molecule has 0 aliphatic carbocycles. The fraction of sp³-hybridized carbons (Fsp3) is 0.250. The Morgan fingerprint density at radius 2 is 1.30 bits per heavy atom. The molecule has 8 nitrogen and oxygen atoms in total. The number of aliphatic imine (C=N–C) groups is 2. The lowest BCUT2D eigenvalue weighted by Gasteiger charge is -2.16. The number of amides is 1. The molecular weight excluding hydrogens is 613 g/mol. The highest BCUT2D eigenvalue weighted by Gasteiger charge is 2.30. The first-order valence-electron chi connectivity index (χ1n) is 14.9. The summed E-state index contributed by atoms with van der Waals surface area (Å²) in [6, 6.07) is 27.6. The van der Waals surface area contributed by atoms with Crippen LogP contribution in [-0.2, 0) is 16.3 Å². The monoisotopic (exact) mass is 644 g/mol. The van der Waals surface area contributed by atoms with Crippen LogP contribution in [0.3, 0.4) is 0 Å². The molecule has 1 aromatic heterocycles. The van der Waals surface area contributed by atoms with Gasteiger partial charge in [0.1, 0.15) is 11.6 Å². The smallest absolute Gasteiger partial charge is 0.271 e. The molecular formula is C36H32N6O2S2. The molecule has 1 atom stereocenters. The first-order valence-corrected chi connectivity index (χ1v) is 16.8. The molecule has 46 heavy (non-hydrogen) atoms. The van der Waals surface area contributed by atoms with E-state index in [-0.39, 0.29) is 5.56 Å². The van der Waals surface area contributed by atoms with Gasteiger partial charge in [0, 0.05) is 17.1 Å². The van der Waals surface area contributed by atoms with Gasteiger partial charge >= 0.3 is 0 Å². The topological polar surface area (TPSA) is 135 Å². The highest BCUT2D eigenvalue weighted by atomic mass is 32.2. The molecule has 0 bridgehead atoms. The highest BCUT2D eigenvalue weighted by molar-refractivity contribution is 8.13. The second-order valence-corrected chi connectivity index (χ2v) is 13.4. The average Bonchev–Trinajstić information content (AvgIpc) is 3.06. The number of H-pyrrole nitrogens is 1. The summed E-state index contributed by atoms with van der Waals surface area (Å²) in [6.07, 6.45) is 0. The molecule has 0 radical (unpaired) electrons. The van der Waals surface area contributed by atoms with Crippen LogP contribution in [0.25, 0.3) is 11.3 Å². The van der Waals surface area contributed by atoms with E-state index in [4.69, 9.17) is 0 Å². The number of thioether (sulfide) groups is 2. The SMILES string of the molecule is CC(C)c1ccc(C2=NC(SCc3ccc(CSc4nc(-c5ccc(C(C)C)cc5)c(C#N)c(=O)[nH]4)cc3)=NC(=O)C2C#N)cc1. The molecule has 0 saturated carbocycles. The first kappa shape index (κ1) is 32.6. The van der Waals surface area contributed by atoms with Crippen LogP contribution in [-0.4, -0.2) is 26.8 Å². The van der Waals surface area contributed by atoms with Crippen LogP contribution in [0.1, 0.15) is 72.9 Å². The normalized spacial score (nSPS) is 14.5. The molecule has 0 spiro atoms. The Balaban J connectivity index is 1.24. The molecule has 0 saturated heterocycles. The van der Waals surface area contributed by atoms with E-state index in [1.807, 2.05) is 78.9 Å². The highest BCUT2D eigenvalue weighted by Crippen LogP contribution is 2.27. The summed E-state index contributed by atoms with van der Waals surface area (Å²) >= 11 is 2.73. The zero-order valence-corrected chi connectivity index (χ0v) is 27.6. The number of amidine groups is 1. The maximum absolute atomic E-state index is 12.7. The fourth-order valence-electron chi connectivity index (χ4n) is 4.81. The largest absolute Gasteiger partial charge is 0.300 e.